The highest BCUT2D eigenvalue weighted by Crippen LogP contribution is 2.12. The van der Waals surface area contributed by atoms with Gasteiger partial charge in [0.25, 0.3) is 11.8 Å². The number of aryl methyl sites for hydroxylation is 1. The van der Waals surface area contributed by atoms with E-state index in [1.165, 1.54) is 5.56 Å². The molecule has 1 heterocycles. The summed E-state index contributed by atoms with van der Waals surface area (Å²) in [6.07, 6.45) is 2.52. The Kier molecular flexibility index (Phi) is 5.49. The Morgan fingerprint density at radius 3 is 2.12 bits per heavy atom. The van der Waals surface area contributed by atoms with E-state index in [2.05, 4.69) is 17.6 Å². The minimum Gasteiger partial charge on any atom is -0.467 e. The van der Waals surface area contributed by atoms with Crippen LogP contribution in [0.3, 0.4) is 0 Å². The molecule has 5 heteroatoms. The highest BCUT2D eigenvalue weighted by molar-refractivity contribution is 6.05. The molecule has 0 aliphatic heterocycles. The van der Waals surface area contributed by atoms with Crippen molar-refractivity contribution in [3.63, 3.8) is 0 Å². The quantitative estimate of drug-likeness (QED) is 0.707. The van der Waals surface area contributed by atoms with Crippen LogP contribution in [0.15, 0.2) is 71.3 Å². The summed E-state index contributed by atoms with van der Waals surface area (Å²) in [6, 6.07) is 17.8. The van der Waals surface area contributed by atoms with Crippen molar-refractivity contribution in [1.82, 2.24) is 5.32 Å². The molecule has 0 aliphatic rings. The average Bonchev–Trinajstić information content (AvgIpc) is 3.20. The van der Waals surface area contributed by atoms with Gasteiger partial charge < -0.3 is 15.1 Å². The SMILES string of the molecule is CCc1ccc(NC(=O)c2ccc(C(=O)NCc3ccco3)cc2)cc1. The standard InChI is InChI=1S/C21H20N2O3/c1-2-15-5-11-18(12-6-15)23-21(25)17-9-7-16(8-10-17)20(24)22-14-19-4-3-13-26-19/h3-13H,2,14H2,1H3,(H,22,24)(H,23,25). The molecule has 0 radical (unpaired) electrons. The van der Waals surface area contributed by atoms with Crippen LogP contribution in [0.5, 0.6) is 0 Å². The minimum atomic E-state index is -0.219. The van der Waals surface area contributed by atoms with Gasteiger partial charge in [-0.1, -0.05) is 19.1 Å². The highest BCUT2D eigenvalue weighted by Gasteiger charge is 2.10. The maximum atomic E-state index is 12.3. The largest absolute Gasteiger partial charge is 0.467 e. The van der Waals surface area contributed by atoms with Gasteiger partial charge in [0, 0.05) is 16.8 Å². The molecule has 0 bridgehead atoms. The maximum Gasteiger partial charge on any atom is 0.255 e. The number of hydrogen-bond donors (Lipinski definition) is 2. The zero-order valence-electron chi connectivity index (χ0n) is 14.5. The van der Waals surface area contributed by atoms with Crippen LogP contribution in [-0.4, -0.2) is 11.8 Å². The van der Waals surface area contributed by atoms with Gasteiger partial charge in [0.05, 0.1) is 12.8 Å². The molecule has 2 aromatic carbocycles. The van der Waals surface area contributed by atoms with Crippen LogP contribution in [0.4, 0.5) is 5.69 Å². The first-order valence-corrected chi connectivity index (χ1v) is 8.46. The van der Waals surface area contributed by atoms with Crippen molar-refractivity contribution >= 4 is 17.5 Å². The molecular formula is C21H20N2O3. The number of benzene rings is 2. The van der Waals surface area contributed by atoms with Crippen LogP contribution in [0.25, 0.3) is 0 Å². The van der Waals surface area contributed by atoms with E-state index in [4.69, 9.17) is 4.42 Å². The van der Waals surface area contributed by atoms with Crippen molar-refractivity contribution in [3.05, 3.63) is 89.4 Å². The molecular weight excluding hydrogens is 328 g/mol. The molecule has 0 atom stereocenters. The Bertz CT molecular complexity index is 867. The Labute approximate surface area is 152 Å². The van der Waals surface area contributed by atoms with Gasteiger partial charge in [-0.05, 0) is 60.5 Å². The molecule has 26 heavy (non-hydrogen) atoms. The molecule has 3 aromatic rings. The van der Waals surface area contributed by atoms with Gasteiger partial charge in [-0.25, -0.2) is 0 Å². The summed E-state index contributed by atoms with van der Waals surface area (Å²) in [4.78, 5) is 24.4. The molecule has 5 nitrogen and oxygen atoms in total. The van der Waals surface area contributed by atoms with Gasteiger partial charge in [-0.15, -0.1) is 0 Å². The summed E-state index contributed by atoms with van der Waals surface area (Å²) in [5, 5.41) is 5.62. The third-order valence-corrected chi connectivity index (χ3v) is 4.03. The van der Waals surface area contributed by atoms with Gasteiger partial charge in [0.1, 0.15) is 5.76 Å². The van der Waals surface area contributed by atoms with Crippen molar-refractivity contribution in [3.8, 4) is 0 Å². The third-order valence-electron chi connectivity index (χ3n) is 4.03. The normalized spacial score (nSPS) is 10.3. The monoisotopic (exact) mass is 348 g/mol. The highest BCUT2D eigenvalue weighted by atomic mass is 16.3. The first-order valence-electron chi connectivity index (χ1n) is 8.46. The van der Waals surface area contributed by atoms with E-state index in [-0.39, 0.29) is 11.8 Å². The van der Waals surface area contributed by atoms with E-state index in [1.807, 2.05) is 24.3 Å². The molecule has 2 amide bonds. The summed E-state index contributed by atoms with van der Waals surface area (Å²) < 4.78 is 5.17. The Morgan fingerprint density at radius 1 is 0.885 bits per heavy atom. The summed E-state index contributed by atoms with van der Waals surface area (Å²) in [5.41, 5.74) is 2.94. The topological polar surface area (TPSA) is 71.3 Å². The average molecular weight is 348 g/mol. The minimum absolute atomic E-state index is 0.211. The van der Waals surface area contributed by atoms with Crippen molar-refractivity contribution < 1.29 is 14.0 Å². The number of furan rings is 1. The van der Waals surface area contributed by atoms with Crippen LogP contribution in [0.2, 0.25) is 0 Å². The molecule has 0 aliphatic carbocycles. The number of carbonyl (C=O) groups is 2. The molecule has 0 saturated carbocycles. The molecule has 0 saturated heterocycles. The molecule has 1 aromatic heterocycles. The lowest BCUT2D eigenvalue weighted by Crippen LogP contribution is -2.22. The van der Waals surface area contributed by atoms with Gasteiger partial charge >= 0.3 is 0 Å². The summed E-state index contributed by atoms with van der Waals surface area (Å²) in [7, 11) is 0. The molecule has 2 N–H and O–H groups in total. The Morgan fingerprint density at radius 2 is 1.54 bits per heavy atom. The number of hydrogen-bond acceptors (Lipinski definition) is 3. The maximum absolute atomic E-state index is 12.3. The lowest BCUT2D eigenvalue weighted by Gasteiger charge is -2.07. The second kappa shape index (κ2) is 8.16. The van der Waals surface area contributed by atoms with Crippen molar-refractivity contribution in [1.29, 1.82) is 0 Å². The van der Waals surface area contributed by atoms with Crippen LogP contribution in [-0.2, 0) is 13.0 Å². The van der Waals surface area contributed by atoms with Crippen LogP contribution >= 0.6 is 0 Å². The van der Waals surface area contributed by atoms with Crippen LogP contribution in [0.1, 0.15) is 39.0 Å². The second-order valence-electron chi connectivity index (χ2n) is 5.84. The van der Waals surface area contributed by atoms with E-state index in [0.717, 1.165) is 12.1 Å². The van der Waals surface area contributed by atoms with Gasteiger partial charge in [-0.3, -0.25) is 9.59 Å². The second-order valence-corrected chi connectivity index (χ2v) is 5.84. The van der Waals surface area contributed by atoms with E-state index >= 15 is 0 Å². The summed E-state index contributed by atoms with van der Waals surface area (Å²) in [5.74, 6) is 0.253. The number of rotatable bonds is 6. The Hall–Kier alpha value is -3.34. The first kappa shape index (κ1) is 17.5. The predicted molar refractivity (Wildman–Crippen MR) is 100 cm³/mol. The van der Waals surface area contributed by atoms with Crippen molar-refractivity contribution in [2.24, 2.45) is 0 Å². The summed E-state index contributed by atoms with van der Waals surface area (Å²) in [6.45, 7) is 2.40. The number of anilines is 1. The van der Waals surface area contributed by atoms with Crippen LogP contribution < -0.4 is 10.6 Å². The third kappa shape index (κ3) is 4.39. The number of amides is 2. The molecule has 0 spiro atoms. The fraction of sp³-hybridized carbons (Fsp3) is 0.143. The molecule has 0 fully saturated rings. The number of nitrogens with one attached hydrogen (secondary N) is 2. The molecule has 3 rings (SSSR count). The zero-order chi connectivity index (χ0) is 18.4. The van der Waals surface area contributed by atoms with Crippen molar-refractivity contribution in [2.75, 3.05) is 5.32 Å². The summed E-state index contributed by atoms with van der Waals surface area (Å²) >= 11 is 0. The predicted octanol–water partition coefficient (Wildman–Crippen LogP) is 4.02. The van der Waals surface area contributed by atoms with E-state index < -0.39 is 0 Å². The van der Waals surface area contributed by atoms with E-state index in [1.54, 1.807) is 42.7 Å². The fourth-order valence-corrected chi connectivity index (χ4v) is 2.48. The first-order chi connectivity index (χ1) is 12.7. The van der Waals surface area contributed by atoms with E-state index in [0.29, 0.717) is 23.4 Å². The smallest absolute Gasteiger partial charge is 0.255 e. The lowest BCUT2D eigenvalue weighted by atomic mass is 10.1. The number of carbonyl (C=O) groups excluding carboxylic acids is 2. The van der Waals surface area contributed by atoms with Crippen LogP contribution in [0, 0.1) is 0 Å². The van der Waals surface area contributed by atoms with E-state index in [9.17, 15) is 9.59 Å². The lowest BCUT2D eigenvalue weighted by molar-refractivity contribution is 0.0946. The Balaban J connectivity index is 1.58. The van der Waals surface area contributed by atoms with Crippen molar-refractivity contribution in [2.45, 2.75) is 19.9 Å². The van der Waals surface area contributed by atoms with Gasteiger partial charge in [-0.2, -0.15) is 0 Å². The molecule has 0 unspecified atom stereocenters. The van der Waals surface area contributed by atoms with Gasteiger partial charge in [0.2, 0.25) is 0 Å². The van der Waals surface area contributed by atoms with Gasteiger partial charge in [0.15, 0.2) is 0 Å². The zero-order valence-corrected chi connectivity index (χ0v) is 14.5. The molecule has 132 valence electrons. The fourth-order valence-electron chi connectivity index (χ4n) is 2.48.